The molecule has 1 aliphatic heterocycles. The predicted molar refractivity (Wildman–Crippen MR) is 84.8 cm³/mol. The van der Waals surface area contributed by atoms with E-state index in [1.54, 1.807) is 0 Å². The third kappa shape index (κ3) is 7.28. The summed E-state index contributed by atoms with van der Waals surface area (Å²) in [5.41, 5.74) is 0. The maximum atomic E-state index is 3.78. The van der Waals surface area contributed by atoms with Crippen LogP contribution >= 0.6 is 0 Å². The first-order valence-corrected chi connectivity index (χ1v) is 8.48. The minimum absolute atomic E-state index is 0.752. The van der Waals surface area contributed by atoms with Gasteiger partial charge in [0.15, 0.2) is 0 Å². The minimum Gasteiger partial charge on any atom is -0.313 e. The number of hydrogen-bond donors (Lipinski definition) is 1. The van der Waals surface area contributed by atoms with Crippen molar-refractivity contribution >= 4 is 0 Å². The van der Waals surface area contributed by atoms with Gasteiger partial charge in [0.2, 0.25) is 0 Å². The fourth-order valence-corrected chi connectivity index (χ4v) is 3.07. The molecule has 0 spiro atoms. The zero-order valence-corrected chi connectivity index (χ0v) is 13.5. The Labute approximate surface area is 120 Å². The average Bonchev–Trinajstić information content (AvgIpc) is 2.64. The van der Waals surface area contributed by atoms with E-state index < -0.39 is 0 Å². The molecule has 1 heterocycles. The lowest BCUT2D eigenvalue weighted by Crippen LogP contribution is -2.38. The van der Waals surface area contributed by atoms with Gasteiger partial charge in [-0.3, -0.25) is 0 Å². The standard InChI is InChI=1S/C16H35N3/c1-4-11-18(6-3)15-10-17-16-8-7-13-19(12-5-2)14-9-16/h16-17H,4-15H2,1-3H3. The average molecular weight is 269 g/mol. The van der Waals surface area contributed by atoms with Gasteiger partial charge >= 0.3 is 0 Å². The van der Waals surface area contributed by atoms with Gasteiger partial charge in [0, 0.05) is 19.1 Å². The maximum Gasteiger partial charge on any atom is 0.0107 e. The van der Waals surface area contributed by atoms with Crippen LogP contribution in [-0.4, -0.2) is 61.7 Å². The van der Waals surface area contributed by atoms with Gasteiger partial charge in [0.05, 0.1) is 0 Å². The summed E-state index contributed by atoms with van der Waals surface area (Å²) in [5, 5.41) is 3.78. The molecule has 0 aliphatic carbocycles. The fraction of sp³-hybridized carbons (Fsp3) is 1.00. The molecule has 0 aromatic rings. The SMILES string of the molecule is CCCN(CC)CCNC1CCCN(CCC)CC1. The molecule has 19 heavy (non-hydrogen) atoms. The van der Waals surface area contributed by atoms with Crippen LogP contribution in [-0.2, 0) is 0 Å². The van der Waals surface area contributed by atoms with Crippen molar-refractivity contribution in [3.8, 4) is 0 Å². The van der Waals surface area contributed by atoms with Crippen molar-refractivity contribution in [2.45, 2.75) is 58.9 Å². The number of rotatable bonds is 9. The van der Waals surface area contributed by atoms with Gasteiger partial charge < -0.3 is 15.1 Å². The molecule has 0 saturated carbocycles. The van der Waals surface area contributed by atoms with Gasteiger partial charge in [-0.15, -0.1) is 0 Å². The molecule has 1 unspecified atom stereocenters. The third-order valence-corrected chi connectivity index (χ3v) is 4.21. The lowest BCUT2D eigenvalue weighted by atomic mass is 10.1. The second-order valence-corrected chi connectivity index (χ2v) is 5.86. The smallest absolute Gasteiger partial charge is 0.0107 e. The minimum atomic E-state index is 0.752. The van der Waals surface area contributed by atoms with Crippen molar-refractivity contribution in [2.75, 3.05) is 45.8 Å². The summed E-state index contributed by atoms with van der Waals surface area (Å²) in [6.07, 6.45) is 6.62. The second kappa shape index (κ2) is 10.6. The number of nitrogens with one attached hydrogen (secondary N) is 1. The van der Waals surface area contributed by atoms with E-state index in [9.17, 15) is 0 Å². The van der Waals surface area contributed by atoms with Crippen LogP contribution in [0.15, 0.2) is 0 Å². The van der Waals surface area contributed by atoms with E-state index in [-0.39, 0.29) is 0 Å². The van der Waals surface area contributed by atoms with E-state index in [1.165, 1.54) is 71.4 Å². The van der Waals surface area contributed by atoms with Crippen LogP contribution < -0.4 is 5.32 Å². The van der Waals surface area contributed by atoms with Gasteiger partial charge in [-0.1, -0.05) is 20.8 Å². The maximum absolute atomic E-state index is 3.78. The lowest BCUT2D eigenvalue weighted by molar-refractivity contribution is 0.272. The number of hydrogen-bond acceptors (Lipinski definition) is 3. The molecule has 1 aliphatic rings. The topological polar surface area (TPSA) is 18.5 Å². The number of nitrogens with zero attached hydrogens (tertiary/aromatic N) is 2. The van der Waals surface area contributed by atoms with Gasteiger partial charge in [0.1, 0.15) is 0 Å². The molecule has 0 aromatic carbocycles. The summed E-state index contributed by atoms with van der Waals surface area (Å²) in [6.45, 7) is 15.5. The summed E-state index contributed by atoms with van der Waals surface area (Å²) in [7, 11) is 0. The van der Waals surface area contributed by atoms with Crippen molar-refractivity contribution in [1.29, 1.82) is 0 Å². The van der Waals surface area contributed by atoms with Crippen molar-refractivity contribution in [3.05, 3.63) is 0 Å². The molecule has 1 fully saturated rings. The van der Waals surface area contributed by atoms with Gasteiger partial charge in [-0.05, 0) is 64.8 Å². The first kappa shape index (κ1) is 16.9. The van der Waals surface area contributed by atoms with Crippen LogP contribution in [0.4, 0.5) is 0 Å². The highest BCUT2D eigenvalue weighted by atomic mass is 15.1. The summed E-state index contributed by atoms with van der Waals surface area (Å²) < 4.78 is 0. The Hall–Kier alpha value is -0.120. The van der Waals surface area contributed by atoms with E-state index in [2.05, 4.69) is 35.9 Å². The lowest BCUT2D eigenvalue weighted by Gasteiger charge is -2.22. The molecule has 1 rings (SSSR count). The van der Waals surface area contributed by atoms with Crippen LogP contribution in [0.5, 0.6) is 0 Å². The first-order valence-electron chi connectivity index (χ1n) is 8.48. The number of likely N-dealkylation sites (N-methyl/N-ethyl adjacent to an activating group) is 1. The Morgan fingerprint density at radius 1 is 1.05 bits per heavy atom. The third-order valence-electron chi connectivity index (χ3n) is 4.21. The van der Waals surface area contributed by atoms with Crippen LogP contribution in [0.3, 0.4) is 0 Å². The Bertz CT molecular complexity index is 208. The van der Waals surface area contributed by atoms with Crippen molar-refractivity contribution in [2.24, 2.45) is 0 Å². The molecule has 3 nitrogen and oxygen atoms in total. The largest absolute Gasteiger partial charge is 0.313 e. The highest BCUT2D eigenvalue weighted by molar-refractivity contribution is 4.75. The van der Waals surface area contributed by atoms with E-state index in [1.807, 2.05) is 0 Å². The normalized spacial score (nSPS) is 21.8. The molecule has 0 aromatic heterocycles. The van der Waals surface area contributed by atoms with Crippen LogP contribution in [0.25, 0.3) is 0 Å². The molecule has 0 radical (unpaired) electrons. The predicted octanol–water partition coefficient (Wildman–Crippen LogP) is 2.57. The zero-order chi connectivity index (χ0) is 13.9. The fourth-order valence-electron chi connectivity index (χ4n) is 3.07. The zero-order valence-electron chi connectivity index (χ0n) is 13.5. The highest BCUT2D eigenvalue weighted by Gasteiger charge is 2.15. The Kier molecular flexibility index (Phi) is 9.48. The summed E-state index contributed by atoms with van der Waals surface area (Å²) in [4.78, 5) is 5.18. The molecular formula is C16H35N3. The molecule has 3 heteroatoms. The van der Waals surface area contributed by atoms with Gasteiger partial charge in [0.25, 0.3) is 0 Å². The monoisotopic (exact) mass is 269 g/mol. The Morgan fingerprint density at radius 3 is 2.58 bits per heavy atom. The van der Waals surface area contributed by atoms with Crippen LogP contribution in [0, 0.1) is 0 Å². The summed E-state index contributed by atoms with van der Waals surface area (Å²) in [5.74, 6) is 0. The quantitative estimate of drug-likeness (QED) is 0.694. The van der Waals surface area contributed by atoms with Gasteiger partial charge in [-0.25, -0.2) is 0 Å². The van der Waals surface area contributed by atoms with Gasteiger partial charge in [-0.2, -0.15) is 0 Å². The molecule has 0 bridgehead atoms. The van der Waals surface area contributed by atoms with Crippen LogP contribution in [0.1, 0.15) is 52.9 Å². The summed E-state index contributed by atoms with van der Waals surface area (Å²) in [6, 6.07) is 0.752. The van der Waals surface area contributed by atoms with E-state index in [0.717, 1.165) is 12.6 Å². The summed E-state index contributed by atoms with van der Waals surface area (Å²) >= 11 is 0. The van der Waals surface area contributed by atoms with E-state index in [0.29, 0.717) is 0 Å². The van der Waals surface area contributed by atoms with Crippen molar-refractivity contribution < 1.29 is 0 Å². The highest BCUT2D eigenvalue weighted by Crippen LogP contribution is 2.11. The molecule has 0 amide bonds. The Balaban J connectivity index is 2.15. The molecule has 1 atom stereocenters. The molecule has 1 saturated heterocycles. The molecular weight excluding hydrogens is 234 g/mol. The van der Waals surface area contributed by atoms with E-state index in [4.69, 9.17) is 0 Å². The molecule has 1 N–H and O–H groups in total. The Morgan fingerprint density at radius 2 is 1.89 bits per heavy atom. The first-order chi connectivity index (χ1) is 9.30. The second-order valence-electron chi connectivity index (χ2n) is 5.86. The molecule has 114 valence electrons. The number of likely N-dealkylation sites (tertiary alicyclic amines) is 1. The van der Waals surface area contributed by atoms with E-state index >= 15 is 0 Å². The van der Waals surface area contributed by atoms with Crippen LogP contribution in [0.2, 0.25) is 0 Å². The van der Waals surface area contributed by atoms with Crippen molar-refractivity contribution in [3.63, 3.8) is 0 Å². The van der Waals surface area contributed by atoms with Crippen molar-refractivity contribution in [1.82, 2.24) is 15.1 Å².